The van der Waals surface area contributed by atoms with Gasteiger partial charge in [0.2, 0.25) is 0 Å². The van der Waals surface area contributed by atoms with Crippen LogP contribution in [-0.2, 0) is 20.0 Å². The van der Waals surface area contributed by atoms with Gasteiger partial charge in [-0.1, -0.05) is 12.1 Å². The Kier molecular flexibility index (Phi) is 4.85. The van der Waals surface area contributed by atoms with Gasteiger partial charge in [0, 0.05) is 26.2 Å². The minimum Gasteiger partial charge on any atom is -0.497 e. The van der Waals surface area contributed by atoms with E-state index in [0.29, 0.717) is 6.54 Å². The van der Waals surface area contributed by atoms with Crippen molar-refractivity contribution in [2.75, 3.05) is 25.6 Å². The number of aryl methyl sites for hydroxylation is 2. The quantitative estimate of drug-likeness (QED) is 0.881. The molecule has 0 bridgehead atoms. The number of benzene rings is 1. The number of hydrogen-bond donors (Lipinski definition) is 1. The van der Waals surface area contributed by atoms with E-state index in [4.69, 9.17) is 10.5 Å². The number of aromatic nitrogens is 2. The second-order valence-corrected chi connectivity index (χ2v) is 5.26. The summed E-state index contributed by atoms with van der Waals surface area (Å²) < 4.78 is 7.21. The topological polar surface area (TPSA) is 56.3 Å². The molecule has 1 aromatic heterocycles. The third-order valence-corrected chi connectivity index (χ3v) is 3.62. The van der Waals surface area contributed by atoms with Crippen LogP contribution < -0.4 is 15.4 Å². The maximum Gasteiger partial charge on any atom is 0.130 e. The maximum absolute atomic E-state index is 5.73. The van der Waals surface area contributed by atoms with E-state index in [1.165, 1.54) is 11.1 Å². The van der Waals surface area contributed by atoms with Crippen molar-refractivity contribution >= 4 is 5.82 Å². The van der Waals surface area contributed by atoms with Gasteiger partial charge in [-0.15, -0.1) is 0 Å². The summed E-state index contributed by atoms with van der Waals surface area (Å²) in [5, 5.41) is 4.52. The highest BCUT2D eigenvalue weighted by atomic mass is 16.5. The number of hydrogen-bond acceptors (Lipinski definition) is 4. The lowest BCUT2D eigenvalue weighted by molar-refractivity contribution is 0.414. The first-order valence-electron chi connectivity index (χ1n) is 7.13. The first kappa shape index (κ1) is 15.4. The van der Waals surface area contributed by atoms with Gasteiger partial charge in [0.15, 0.2) is 0 Å². The average Bonchev–Trinajstić information content (AvgIpc) is 2.74. The fourth-order valence-corrected chi connectivity index (χ4v) is 2.72. The lowest BCUT2D eigenvalue weighted by atomic mass is 10.1. The maximum atomic E-state index is 5.73. The molecule has 114 valence electrons. The van der Waals surface area contributed by atoms with E-state index in [-0.39, 0.29) is 0 Å². The van der Waals surface area contributed by atoms with Crippen LogP contribution in [0.1, 0.15) is 16.8 Å². The Morgan fingerprint density at radius 1 is 1.38 bits per heavy atom. The first-order valence-corrected chi connectivity index (χ1v) is 7.13. The van der Waals surface area contributed by atoms with Crippen molar-refractivity contribution in [3.05, 3.63) is 41.1 Å². The van der Waals surface area contributed by atoms with E-state index in [2.05, 4.69) is 29.2 Å². The van der Waals surface area contributed by atoms with E-state index >= 15 is 0 Å². The molecule has 0 aliphatic carbocycles. The van der Waals surface area contributed by atoms with Crippen LogP contribution in [0, 0.1) is 6.92 Å². The van der Waals surface area contributed by atoms with E-state index in [1.807, 2.05) is 30.8 Å². The molecule has 0 saturated heterocycles. The fraction of sp³-hybridized carbons (Fsp3) is 0.438. The third-order valence-electron chi connectivity index (χ3n) is 3.62. The van der Waals surface area contributed by atoms with Crippen LogP contribution in [0.5, 0.6) is 5.75 Å². The molecular weight excluding hydrogens is 264 g/mol. The molecule has 0 fully saturated rings. The van der Waals surface area contributed by atoms with Crippen molar-refractivity contribution in [1.29, 1.82) is 0 Å². The van der Waals surface area contributed by atoms with Crippen molar-refractivity contribution in [2.24, 2.45) is 12.8 Å². The number of methoxy groups -OCH3 is 1. The van der Waals surface area contributed by atoms with Gasteiger partial charge in [0.05, 0.1) is 12.8 Å². The zero-order valence-corrected chi connectivity index (χ0v) is 13.3. The predicted molar refractivity (Wildman–Crippen MR) is 85.8 cm³/mol. The van der Waals surface area contributed by atoms with Crippen LogP contribution in [0.4, 0.5) is 5.82 Å². The van der Waals surface area contributed by atoms with Crippen LogP contribution in [0.15, 0.2) is 24.3 Å². The largest absolute Gasteiger partial charge is 0.497 e. The van der Waals surface area contributed by atoms with Gasteiger partial charge < -0.3 is 15.4 Å². The van der Waals surface area contributed by atoms with Crippen molar-refractivity contribution < 1.29 is 4.74 Å². The van der Waals surface area contributed by atoms with Gasteiger partial charge in [-0.3, -0.25) is 4.68 Å². The van der Waals surface area contributed by atoms with Crippen molar-refractivity contribution in [1.82, 2.24) is 9.78 Å². The zero-order valence-electron chi connectivity index (χ0n) is 13.3. The standard InChI is InChI=1S/C16H24N4O/c1-12-15(8-9-17)16(20(3)18-12)19(2)11-13-6-5-7-14(10-13)21-4/h5-7,10H,8-9,11,17H2,1-4H3. The van der Waals surface area contributed by atoms with Crippen LogP contribution in [-0.4, -0.2) is 30.5 Å². The molecule has 5 nitrogen and oxygen atoms in total. The van der Waals surface area contributed by atoms with Gasteiger partial charge >= 0.3 is 0 Å². The molecule has 2 rings (SSSR count). The van der Waals surface area contributed by atoms with Crippen molar-refractivity contribution in [2.45, 2.75) is 19.9 Å². The molecule has 21 heavy (non-hydrogen) atoms. The highest BCUT2D eigenvalue weighted by Gasteiger charge is 2.16. The summed E-state index contributed by atoms with van der Waals surface area (Å²) in [5.74, 6) is 2.00. The predicted octanol–water partition coefficient (Wildman–Crippen LogP) is 1.87. The number of anilines is 1. The Hall–Kier alpha value is -2.01. The van der Waals surface area contributed by atoms with Gasteiger partial charge in [-0.25, -0.2) is 0 Å². The number of ether oxygens (including phenoxy) is 1. The number of rotatable bonds is 6. The highest BCUT2D eigenvalue weighted by Crippen LogP contribution is 2.24. The molecule has 0 radical (unpaired) electrons. The van der Waals surface area contributed by atoms with Crippen LogP contribution >= 0.6 is 0 Å². The molecule has 0 atom stereocenters. The summed E-state index contributed by atoms with van der Waals surface area (Å²) in [6, 6.07) is 8.13. The third kappa shape index (κ3) is 3.36. The normalized spacial score (nSPS) is 10.7. The SMILES string of the molecule is COc1cccc(CN(C)c2c(CCN)c(C)nn2C)c1. The molecule has 0 saturated carbocycles. The molecule has 1 aromatic carbocycles. The van der Waals surface area contributed by atoms with Crippen LogP contribution in [0.3, 0.4) is 0 Å². The molecule has 0 spiro atoms. The second-order valence-electron chi connectivity index (χ2n) is 5.26. The monoisotopic (exact) mass is 288 g/mol. The minimum absolute atomic E-state index is 0.631. The first-order chi connectivity index (χ1) is 10.1. The van der Waals surface area contributed by atoms with Gasteiger partial charge in [0.25, 0.3) is 0 Å². The summed E-state index contributed by atoms with van der Waals surface area (Å²) in [6.45, 7) is 3.47. The molecule has 0 unspecified atom stereocenters. The fourth-order valence-electron chi connectivity index (χ4n) is 2.72. The Morgan fingerprint density at radius 2 is 2.14 bits per heavy atom. The van der Waals surface area contributed by atoms with Gasteiger partial charge in [-0.2, -0.15) is 5.10 Å². The lowest BCUT2D eigenvalue weighted by Gasteiger charge is -2.21. The Bertz CT molecular complexity index is 606. The Morgan fingerprint density at radius 3 is 2.81 bits per heavy atom. The van der Waals surface area contributed by atoms with Crippen LogP contribution in [0.2, 0.25) is 0 Å². The number of nitrogens with two attached hydrogens (primary N) is 1. The lowest BCUT2D eigenvalue weighted by Crippen LogP contribution is -2.21. The molecule has 5 heteroatoms. The number of nitrogens with zero attached hydrogens (tertiary/aromatic N) is 3. The van der Waals surface area contributed by atoms with Crippen molar-refractivity contribution in [3.63, 3.8) is 0 Å². The molecule has 1 heterocycles. The summed E-state index contributed by atoms with van der Waals surface area (Å²) in [4.78, 5) is 2.21. The Balaban J connectivity index is 2.25. The summed E-state index contributed by atoms with van der Waals surface area (Å²) in [7, 11) is 5.74. The molecule has 2 aromatic rings. The van der Waals surface area contributed by atoms with Gasteiger partial charge in [-0.05, 0) is 37.6 Å². The molecule has 0 aliphatic heterocycles. The van der Waals surface area contributed by atoms with E-state index < -0.39 is 0 Å². The summed E-state index contributed by atoms with van der Waals surface area (Å²) in [6.07, 6.45) is 0.845. The smallest absolute Gasteiger partial charge is 0.130 e. The molecule has 0 amide bonds. The van der Waals surface area contributed by atoms with E-state index in [1.54, 1.807) is 7.11 Å². The van der Waals surface area contributed by atoms with Gasteiger partial charge in [0.1, 0.15) is 11.6 Å². The van der Waals surface area contributed by atoms with E-state index in [0.717, 1.165) is 30.2 Å². The molecule has 0 aliphatic rings. The average molecular weight is 288 g/mol. The van der Waals surface area contributed by atoms with Crippen LogP contribution in [0.25, 0.3) is 0 Å². The minimum atomic E-state index is 0.631. The Labute approximate surface area is 126 Å². The summed E-state index contributed by atoms with van der Waals surface area (Å²) >= 11 is 0. The zero-order chi connectivity index (χ0) is 15.4. The second kappa shape index (κ2) is 6.63. The summed E-state index contributed by atoms with van der Waals surface area (Å²) in [5.41, 5.74) is 9.21. The molecular formula is C16H24N4O. The van der Waals surface area contributed by atoms with E-state index in [9.17, 15) is 0 Å². The van der Waals surface area contributed by atoms with Crippen molar-refractivity contribution in [3.8, 4) is 5.75 Å². The highest BCUT2D eigenvalue weighted by molar-refractivity contribution is 5.50. The molecule has 2 N–H and O–H groups in total.